The molecular weight excluding hydrogens is 297 g/mol. The Bertz CT molecular complexity index is 674. The molecule has 120 valence electrons. The summed E-state index contributed by atoms with van der Waals surface area (Å²) < 4.78 is 13.0. The number of urea groups is 1. The lowest BCUT2D eigenvalue weighted by Crippen LogP contribution is -2.43. The molecule has 3 amide bonds. The van der Waals surface area contributed by atoms with Crippen molar-refractivity contribution in [3.63, 3.8) is 0 Å². The molecule has 0 aliphatic rings. The van der Waals surface area contributed by atoms with Crippen molar-refractivity contribution >= 4 is 11.9 Å². The quantitative estimate of drug-likeness (QED) is 0.888. The van der Waals surface area contributed by atoms with Crippen LogP contribution in [0.25, 0.3) is 0 Å². The van der Waals surface area contributed by atoms with Gasteiger partial charge in [0.1, 0.15) is 11.9 Å². The first-order chi connectivity index (χ1) is 11.0. The van der Waals surface area contributed by atoms with E-state index in [1.54, 1.807) is 36.2 Å². The van der Waals surface area contributed by atoms with Crippen molar-refractivity contribution in [2.24, 2.45) is 5.73 Å². The van der Waals surface area contributed by atoms with Crippen LogP contribution in [0, 0.1) is 5.82 Å². The number of halogens is 1. The molecular formula is C17H18FN3O2. The molecule has 0 heterocycles. The Morgan fingerprint density at radius 1 is 1.13 bits per heavy atom. The number of hydrogen-bond acceptors (Lipinski definition) is 3. The van der Waals surface area contributed by atoms with Gasteiger partial charge in [-0.05, 0) is 30.3 Å². The van der Waals surface area contributed by atoms with Gasteiger partial charge in [-0.1, -0.05) is 42.5 Å². The number of benzene rings is 2. The molecule has 0 saturated heterocycles. The smallest absolute Gasteiger partial charge is 0.318 e. The summed E-state index contributed by atoms with van der Waals surface area (Å²) in [6.45, 7) is 0.409. The van der Waals surface area contributed by atoms with E-state index < -0.39 is 18.0 Å². The Morgan fingerprint density at radius 3 is 2.30 bits per heavy atom. The normalized spacial score (nSPS) is 12.0. The highest BCUT2D eigenvalue weighted by atomic mass is 19.1. The van der Waals surface area contributed by atoms with Gasteiger partial charge in [-0.2, -0.15) is 0 Å². The average molecular weight is 315 g/mol. The van der Waals surface area contributed by atoms with E-state index >= 15 is 0 Å². The van der Waals surface area contributed by atoms with Crippen molar-refractivity contribution in [2.75, 3.05) is 7.05 Å². The number of nitrogens with one attached hydrogen (secondary N) is 1. The summed E-state index contributed by atoms with van der Waals surface area (Å²) in [4.78, 5) is 25.1. The number of carbonyl (C=O) groups excluding carboxylic acids is 2. The van der Waals surface area contributed by atoms with Crippen LogP contribution in [0.5, 0.6) is 0 Å². The summed E-state index contributed by atoms with van der Waals surface area (Å²) in [5, 5.41) is 2.12. The third kappa shape index (κ3) is 4.62. The topological polar surface area (TPSA) is 75.4 Å². The molecule has 1 atom stereocenters. The monoisotopic (exact) mass is 315 g/mol. The predicted molar refractivity (Wildman–Crippen MR) is 84.8 cm³/mol. The van der Waals surface area contributed by atoms with Gasteiger partial charge in [-0.25, -0.2) is 9.18 Å². The van der Waals surface area contributed by atoms with E-state index in [4.69, 9.17) is 5.73 Å². The van der Waals surface area contributed by atoms with Gasteiger partial charge in [0.15, 0.2) is 0 Å². The van der Waals surface area contributed by atoms with Gasteiger partial charge in [0.2, 0.25) is 5.91 Å². The molecule has 5 nitrogen and oxygen atoms in total. The standard InChI is InChI=1S/C17H18FN3O2/c1-21(11-12-7-9-14(18)10-8-12)15(16(22)20-17(19)23)13-5-3-2-4-6-13/h2-10,15H,11H2,1H3,(H3,19,20,22,23). The molecule has 2 aromatic carbocycles. The maximum absolute atomic E-state index is 13.0. The van der Waals surface area contributed by atoms with Gasteiger partial charge >= 0.3 is 6.03 Å². The number of carbonyl (C=O) groups is 2. The Hall–Kier alpha value is -2.73. The molecule has 0 aliphatic heterocycles. The molecule has 0 spiro atoms. The highest BCUT2D eigenvalue weighted by Gasteiger charge is 2.26. The second-order valence-electron chi connectivity index (χ2n) is 5.21. The van der Waals surface area contributed by atoms with Crippen LogP contribution >= 0.6 is 0 Å². The van der Waals surface area contributed by atoms with E-state index in [-0.39, 0.29) is 5.82 Å². The molecule has 0 saturated carbocycles. The fourth-order valence-corrected chi connectivity index (χ4v) is 2.40. The molecule has 1 unspecified atom stereocenters. The van der Waals surface area contributed by atoms with Gasteiger partial charge in [0.05, 0.1) is 0 Å². The van der Waals surface area contributed by atoms with Crippen molar-refractivity contribution < 1.29 is 14.0 Å². The maximum atomic E-state index is 13.0. The number of amides is 3. The number of imide groups is 1. The average Bonchev–Trinajstić information content (AvgIpc) is 2.50. The van der Waals surface area contributed by atoms with Crippen LogP contribution in [-0.4, -0.2) is 23.9 Å². The molecule has 0 radical (unpaired) electrons. The van der Waals surface area contributed by atoms with Gasteiger partial charge < -0.3 is 5.73 Å². The van der Waals surface area contributed by atoms with Gasteiger partial charge in [0, 0.05) is 6.54 Å². The number of nitrogens with zero attached hydrogens (tertiary/aromatic N) is 1. The first-order valence-electron chi connectivity index (χ1n) is 7.07. The minimum absolute atomic E-state index is 0.317. The van der Waals surface area contributed by atoms with E-state index in [0.717, 1.165) is 11.1 Å². The lowest BCUT2D eigenvalue weighted by Gasteiger charge is -2.27. The van der Waals surface area contributed by atoms with Crippen LogP contribution in [0.4, 0.5) is 9.18 Å². The van der Waals surface area contributed by atoms with Crippen LogP contribution in [0.15, 0.2) is 54.6 Å². The molecule has 3 N–H and O–H groups in total. The summed E-state index contributed by atoms with van der Waals surface area (Å²) in [5.41, 5.74) is 6.63. The number of likely N-dealkylation sites (N-methyl/N-ethyl adjacent to an activating group) is 1. The molecule has 2 aromatic rings. The summed E-state index contributed by atoms with van der Waals surface area (Å²) in [6.07, 6.45) is 0. The highest BCUT2D eigenvalue weighted by molar-refractivity contribution is 5.96. The van der Waals surface area contributed by atoms with Gasteiger partial charge in [-0.3, -0.25) is 15.0 Å². The third-order valence-corrected chi connectivity index (χ3v) is 3.40. The Balaban J connectivity index is 2.23. The zero-order chi connectivity index (χ0) is 16.8. The summed E-state index contributed by atoms with van der Waals surface area (Å²) >= 11 is 0. The van der Waals surface area contributed by atoms with Crippen molar-refractivity contribution in [1.82, 2.24) is 10.2 Å². The lowest BCUT2D eigenvalue weighted by atomic mass is 10.0. The van der Waals surface area contributed by atoms with E-state index in [1.165, 1.54) is 12.1 Å². The molecule has 0 aromatic heterocycles. The van der Waals surface area contributed by atoms with Crippen LogP contribution in [0.2, 0.25) is 0 Å². The van der Waals surface area contributed by atoms with Crippen LogP contribution < -0.4 is 11.1 Å². The van der Waals surface area contributed by atoms with E-state index in [2.05, 4.69) is 5.32 Å². The number of nitrogens with two attached hydrogens (primary N) is 1. The highest BCUT2D eigenvalue weighted by Crippen LogP contribution is 2.21. The van der Waals surface area contributed by atoms with Crippen LogP contribution in [0.3, 0.4) is 0 Å². The molecule has 6 heteroatoms. The minimum atomic E-state index is -0.897. The first-order valence-corrected chi connectivity index (χ1v) is 7.07. The van der Waals surface area contributed by atoms with Crippen LogP contribution in [0.1, 0.15) is 17.2 Å². The lowest BCUT2D eigenvalue weighted by molar-refractivity contribution is -0.125. The van der Waals surface area contributed by atoms with Crippen LogP contribution in [-0.2, 0) is 11.3 Å². The third-order valence-electron chi connectivity index (χ3n) is 3.40. The fourth-order valence-electron chi connectivity index (χ4n) is 2.40. The summed E-state index contributed by atoms with van der Waals surface area (Å²) in [7, 11) is 1.75. The van der Waals surface area contributed by atoms with E-state index in [0.29, 0.717) is 6.54 Å². The molecule has 0 aliphatic carbocycles. The fraction of sp³-hybridized carbons (Fsp3) is 0.176. The van der Waals surface area contributed by atoms with Crippen molar-refractivity contribution in [2.45, 2.75) is 12.6 Å². The van der Waals surface area contributed by atoms with E-state index in [9.17, 15) is 14.0 Å². The Morgan fingerprint density at radius 2 is 1.74 bits per heavy atom. The Labute approximate surface area is 133 Å². The zero-order valence-corrected chi connectivity index (χ0v) is 12.7. The number of rotatable bonds is 5. The maximum Gasteiger partial charge on any atom is 0.318 e. The van der Waals surface area contributed by atoms with Crippen molar-refractivity contribution in [3.8, 4) is 0 Å². The first kappa shape index (κ1) is 16.6. The second-order valence-corrected chi connectivity index (χ2v) is 5.21. The second kappa shape index (κ2) is 7.51. The molecule has 23 heavy (non-hydrogen) atoms. The van der Waals surface area contributed by atoms with Gasteiger partial charge in [-0.15, -0.1) is 0 Å². The number of hydrogen-bond donors (Lipinski definition) is 2. The van der Waals surface area contributed by atoms with Gasteiger partial charge in [0.25, 0.3) is 0 Å². The van der Waals surface area contributed by atoms with Crippen molar-refractivity contribution in [1.29, 1.82) is 0 Å². The Kier molecular flexibility index (Phi) is 5.43. The largest absolute Gasteiger partial charge is 0.351 e. The number of primary amides is 1. The molecule has 0 fully saturated rings. The van der Waals surface area contributed by atoms with Crippen molar-refractivity contribution in [3.05, 3.63) is 71.5 Å². The molecule has 0 bridgehead atoms. The predicted octanol–water partition coefficient (Wildman–Crippen LogP) is 2.19. The SMILES string of the molecule is CN(Cc1ccc(F)cc1)C(C(=O)NC(N)=O)c1ccccc1. The molecule has 2 rings (SSSR count). The summed E-state index contributed by atoms with van der Waals surface area (Å²) in [5.74, 6) is -0.823. The summed E-state index contributed by atoms with van der Waals surface area (Å²) in [6, 6.07) is 13.5. The zero-order valence-electron chi connectivity index (χ0n) is 12.7. The minimum Gasteiger partial charge on any atom is -0.351 e. The van der Waals surface area contributed by atoms with E-state index in [1.807, 2.05) is 18.2 Å².